The first-order chi connectivity index (χ1) is 7.61. The Morgan fingerprint density at radius 3 is 2.88 bits per heavy atom. The molecule has 0 aliphatic rings. The maximum atomic E-state index is 11.8. The summed E-state index contributed by atoms with van der Waals surface area (Å²) >= 11 is 5.96. The van der Waals surface area contributed by atoms with E-state index < -0.39 is 0 Å². The molecular formula is C13H11ClO2. The van der Waals surface area contributed by atoms with E-state index in [-0.39, 0.29) is 5.43 Å². The molecule has 2 aromatic rings. The summed E-state index contributed by atoms with van der Waals surface area (Å²) < 4.78 is 5.57. The van der Waals surface area contributed by atoms with Gasteiger partial charge in [0.2, 0.25) is 0 Å². The van der Waals surface area contributed by atoms with Gasteiger partial charge in [0.05, 0.1) is 5.39 Å². The largest absolute Gasteiger partial charge is 0.461 e. The molecule has 2 rings (SSSR count). The second-order valence-electron chi connectivity index (χ2n) is 3.66. The third-order valence-electron chi connectivity index (χ3n) is 2.36. The first kappa shape index (κ1) is 11.0. The zero-order chi connectivity index (χ0) is 11.7. The first-order valence-electron chi connectivity index (χ1n) is 4.95. The fourth-order valence-corrected chi connectivity index (χ4v) is 1.95. The molecule has 0 fully saturated rings. The summed E-state index contributed by atoms with van der Waals surface area (Å²) in [4.78, 5) is 11.8. The van der Waals surface area contributed by atoms with E-state index in [9.17, 15) is 4.79 Å². The van der Waals surface area contributed by atoms with E-state index in [4.69, 9.17) is 16.0 Å². The molecule has 2 nitrogen and oxygen atoms in total. The minimum absolute atomic E-state index is 0.0634. The van der Waals surface area contributed by atoms with Crippen LogP contribution in [0.25, 0.3) is 11.0 Å². The van der Waals surface area contributed by atoms with Crippen molar-refractivity contribution in [1.82, 2.24) is 0 Å². The number of rotatable bonds is 2. The van der Waals surface area contributed by atoms with Gasteiger partial charge in [-0.25, -0.2) is 0 Å². The molecule has 0 spiro atoms. The fraction of sp³-hybridized carbons (Fsp3) is 0.154. The first-order valence-corrected chi connectivity index (χ1v) is 5.33. The van der Waals surface area contributed by atoms with Crippen molar-refractivity contribution in [2.24, 2.45) is 0 Å². The highest BCUT2D eigenvalue weighted by atomic mass is 35.5. The monoisotopic (exact) mass is 234 g/mol. The van der Waals surface area contributed by atoms with Crippen LogP contribution in [0.4, 0.5) is 0 Å². The van der Waals surface area contributed by atoms with Gasteiger partial charge in [0.15, 0.2) is 5.43 Å². The van der Waals surface area contributed by atoms with E-state index in [1.54, 1.807) is 25.1 Å². The van der Waals surface area contributed by atoms with Crippen molar-refractivity contribution in [3.8, 4) is 0 Å². The normalized spacial score (nSPS) is 10.6. The molecule has 1 aromatic heterocycles. The SMILES string of the molecule is C=CCc1cc(Cl)cc2c(=O)cc(C)oc12. The van der Waals surface area contributed by atoms with E-state index in [1.165, 1.54) is 6.07 Å². The molecule has 1 heterocycles. The van der Waals surface area contributed by atoms with E-state index in [2.05, 4.69) is 6.58 Å². The highest BCUT2D eigenvalue weighted by Crippen LogP contribution is 2.23. The van der Waals surface area contributed by atoms with Crippen molar-refractivity contribution < 1.29 is 4.42 Å². The smallest absolute Gasteiger partial charge is 0.192 e. The standard InChI is InChI=1S/C13H11ClO2/c1-3-4-9-6-10(14)7-11-12(15)5-8(2)16-13(9)11/h3,5-7H,1,4H2,2H3. The van der Waals surface area contributed by atoms with Gasteiger partial charge in [-0.15, -0.1) is 6.58 Å². The lowest BCUT2D eigenvalue weighted by atomic mass is 10.1. The van der Waals surface area contributed by atoms with Crippen LogP contribution in [-0.2, 0) is 6.42 Å². The topological polar surface area (TPSA) is 30.2 Å². The van der Waals surface area contributed by atoms with Gasteiger partial charge in [0.25, 0.3) is 0 Å². The lowest BCUT2D eigenvalue weighted by molar-refractivity contribution is 0.561. The molecule has 0 N–H and O–H groups in total. The Kier molecular flexibility index (Phi) is 2.84. The number of allylic oxidation sites excluding steroid dienone is 1. The molecule has 0 radical (unpaired) electrons. The summed E-state index contributed by atoms with van der Waals surface area (Å²) in [7, 11) is 0. The number of aryl methyl sites for hydroxylation is 1. The Morgan fingerprint density at radius 1 is 1.44 bits per heavy atom. The Morgan fingerprint density at radius 2 is 2.19 bits per heavy atom. The lowest BCUT2D eigenvalue weighted by Crippen LogP contribution is -2.02. The molecule has 0 bridgehead atoms. The van der Waals surface area contributed by atoms with Crippen molar-refractivity contribution in [3.05, 3.63) is 57.4 Å². The summed E-state index contributed by atoms with van der Waals surface area (Å²) in [5.74, 6) is 0.602. The predicted octanol–water partition coefficient (Wildman–Crippen LogP) is 3.48. The zero-order valence-corrected chi connectivity index (χ0v) is 9.67. The molecule has 0 atom stereocenters. The van der Waals surface area contributed by atoms with Crippen molar-refractivity contribution >= 4 is 22.6 Å². The molecule has 0 amide bonds. The molecule has 0 aliphatic carbocycles. The molecule has 1 aromatic carbocycles. The van der Waals surface area contributed by atoms with Crippen LogP contribution in [0.5, 0.6) is 0 Å². The summed E-state index contributed by atoms with van der Waals surface area (Å²) in [5.41, 5.74) is 1.43. The van der Waals surface area contributed by atoms with Gasteiger partial charge in [0, 0.05) is 16.7 Å². The van der Waals surface area contributed by atoms with Crippen LogP contribution in [0.2, 0.25) is 5.02 Å². The zero-order valence-electron chi connectivity index (χ0n) is 8.92. The molecule has 0 saturated heterocycles. The van der Waals surface area contributed by atoms with Gasteiger partial charge in [-0.3, -0.25) is 4.79 Å². The van der Waals surface area contributed by atoms with E-state index in [0.29, 0.717) is 28.2 Å². The average Bonchev–Trinajstić information content (AvgIpc) is 2.20. The Bertz CT molecular complexity index is 611. The molecule has 0 saturated carbocycles. The summed E-state index contributed by atoms with van der Waals surface area (Å²) in [6.07, 6.45) is 2.39. The van der Waals surface area contributed by atoms with Gasteiger partial charge in [-0.1, -0.05) is 17.7 Å². The summed E-state index contributed by atoms with van der Waals surface area (Å²) in [6, 6.07) is 4.90. The van der Waals surface area contributed by atoms with Crippen molar-refractivity contribution in [1.29, 1.82) is 0 Å². The second-order valence-corrected chi connectivity index (χ2v) is 4.09. The molecule has 0 unspecified atom stereocenters. The molecule has 0 aliphatic heterocycles. The average molecular weight is 235 g/mol. The quantitative estimate of drug-likeness (QED) is 0.745. The van der Waals surface area contributed by atoms with Crippen LogP contribution < -0.4 is 5.43 Å². The third kappa shape index (κ3) is 1.89. The second kappa shape index (κ2) is 4.14. The third-order valence-corrected chi connectivity index (χ3v) is 2.58. The number of hydrogen-bond acceptors (Lipinski definition) is 2. The summed E-state index contributed by atoms with van der Waals surface area (Å²) in [5, 5.41) is 1.07. The number of fused-ring (bicyclic) bond motifs is 1. The molecule has 82 valence electrons. The Balaban J connectivity index is 2.89. The Hall–Kier alpha value is -1.54. The highest BCUT2D eigenvalue weighted by Gasteiger charge is 2.08. The van der Waals surface area contributed by atoms with Crippen LogP contribution >= 0.6 is 11.6 Å². The summed E-state index contributed by atoms with van der Waals surface area (Å²) in [6.45, 7) is 5.43. The van der Waals surface area contributed by atoms with Crippen LogP contribution in [0.3, 0.4) is 0 Å². The van der Waals surface area contributed by atoms with Gasteiger partial charge < -0.3 is 4.42 Å². The number of halogens is 1. The molecular weight excluding hydrogens is 224 g/mol. The van der Waals surface area contributed by atoms with Gasteiger partial charge >= 0.3 is 0 Å². The van der Waals surface area contributed by atoms with E-state index in [1.807, 2.05) is 0 Å². The minimum Gasteiger partial charge on any atom is -0.461 e. The van der Waals surface area contributed by atoms with Crippen LogP contribution in [0.15, 0.2) is 40.1 Å². The van der Waals surface area contributed by atoms with Gasteiger partial charge in [0.1, 0.15) is 11.3 Å². The predicted molar refractivity (Wildman–Crippen MR) is 66.1 cm³/mol. The van der Waals surface area contributed by atoms with Gasteiger partial charge in [-0.05, 0) is 25.5 Å². The van der Waals surface area contributed by atoms with E-state index in [0.717, 1.165) is 5.56 Å². The van der Waals surface area contributed by atoms with E-state index >= 15 is 0 Å². The number of benzene rings is 1. The number of hydrogen-bond donors (Lipinski definition) is 0. The molecule has 3 heteroatoms. The minimum atomic E-state index is -0.0634. The van der Waals surface area contributed by atoms with Crippen molar-refractivity contribution in [3.63, 3.8) is 0 Å². The van der Waals surface area contributed by atoms with Crippen LogP contribution in [0, 0.1) is 6.92 Å². The van der Waals surface area contributed by atoms with Gasteiger partial charge in [-0.2, -0.15) is 0 Å². The maximum Gasteiger partial charge on any atom is 0.192 e. The Labute approximate surface area is 98.2 Å². The molecule has 16 heavy (non-hydrogen) atoms. The van der Waals surface area contributed by atoms with Crippen molar-refractivity contribution in [2.45, 2.75) is 13.3 Å². The lowest BCUT2D eigenvalue weighted by Gasteiger charge is -2.05. The van der Waals surface area contributed by atoms with Crippen LogP contribution in [0.1, 0.15) is 11.3 Å². The highest BCUT2D eigenvalue weighted by molar-refractivity contribution is 6.31. The fourth-order valence-electron chi connectivity index (χ4n) is 1.71. The van der Waals surface area contributed by atoms with Crippen LogP contribution in [-0.4, -0.2) is 0 Å². The maximum absolute atomic E-state index is 11.8. The van der Waals surface area contributed by atoms with Crippen molar-refractivity contribution in [2.75, 3.05) is 0 Å².